The third kappa shape index (κ3) is 4.62. The van der Waals surface area contributed by atoms with E-state index >= 15 is 0 Å². The number of nitrogens with zero attached hydrogens (tertiary/aromatic N) is 5. The lowest BCUT2D eigenvalue weighted by Gasteiger charge is -2.17. The maximum Gasteiger partial charge on any atom is 0.238 e. The third-order valence-electron chi connectivity index (χ3n) is 4.32. The first-order valence-electron chi connectivity index (χ1n) is 8.93. The van der Waals surface area contributed by atoms with Crippen LogP contribution in [0.2, 0.25) is 0 Å². The molecule has 2 aromatic heterocycles. The number of likely N-dealkylation sites (N-methyl/N-ethyl adjacent to an activating group) is 1. The Bertz CT molecular complexity index is 955. The van der Waals surface area contributed by atoms with E-state index in [0.29, 0.717) is 13.1 Å². The Morgan fingerprint density at radius 1 is 1.19 bits per heavy atom. The number of carbonyl (C=O) groups is 1. The maximum absolute atomic E-state index is 12.3. The Hall–Kier alpha value is -2.93. The van der Waals surface area contributed by atoms with Crippen molar-refractivity contribution in [1.82, 2.24) is 24.5 Å². The molecule has 1 N–H and O–H groups in total. The first-order chi connectivity index (χ1) is 12.8. The molecule has 3 aromatic rings. The lowest BCUT2D eigenvalue weighted by Crippen LogP contribution is -2.30. The van der Waals surface area contributed by atoms with E-state index in [1.54, 1.807) is 4.68 Å². The fourth-order valence-electron chi connectivity index (χ4n) is 3.20. The smallest absolute Gasteiger partial charge is 0.238 e. The minimum absolute atomic E-state index is 0.0525. The Balaban J connectivity index is 1.63. The summed E-state index contributed by atoms with van der Waals surface area (Å²) in [4.78, 5) is 14.3. The van der Waals surface area contributed by atoms with E-state index in [0.717, 1.165) is 34.0 Å². The zero-order chi connectivity index (χ0) is 19.6. The predicted octanol–water partition coefficient (Wildman–Crippen LogP) is 2.60. The van der Waals surface area contributed by atoms with Gasteiger partial charge in [0.15, 0.2) is 0 Å². The maximum atomic E-state index is 12.3. The summed E-state index contributed by atoms with van der Waals surface area (Å²) in [5, 5.41) is 11.7. The highest BCUT2D eigenvalue weighted by Crippen LogP contribution is 2.15. The number of aryl methyl sites for hydroxylation is 4. The van der Waals surface area contributed by atoms with Crippen molar-refractivity contribution >= 4 is 11.6 Å². The highest BCUT2D eigenvalue weighted by Gasteiger charge is 2.11. The summed E-state index contributed by atoms with van der Waals surface area (Å²) in [6, 6.07) is 10.3. The van der Waals surface area contributed by atoms with Crippen molar-refractivity contribution in [3.63, 3.8) is 0 Å². The number of amides is 1. The van der Waals surface area contributed by atoms with E-state index in [1.165, 1.54) is 0 Å². The van der Waals surface area contributed by atoms with Crippen LogP contribution in [-0.2, 0) is 18.4 Å². The molecule has 0 aliphatic carbocycles. The zero-order valence-electron chi connectivity index (χ0n) is 16.5. The molecule has 1 aromatic carbocycles. The van der Waals surface area contributed by atoms with Gasteiger partial charge >= 0.3 is 0 Å². The lowest BCUT2D eigenvalue weighted by molar-refractivity contribution is -0.117. The second-order valence-corrected chi connectivity index (χ2v) is 7.03. The van der Waals surface area contributed by atoms with Crippen molar-refractivity contribution < 1.29 is 4.79 Å². The number of rotatable bonds is 6. The topological polar surface area (TPSA) is 68.0 Å². The molecule has 1 amide bonds. The molecule has 2 heterocycles. The normalized spacial score (nSPS) is 11.2. The molecule has 7 heteroatoms. The van der Waals surface area contributed by atoms with Gasteiger partial charge < -0.3 is 5.32 Å². The second kappa shape index (κ2) is 7.75. The Kier molecular flexibility index (Phi) is 5.41. The second-order valence-electron chi connectivity index (χ2n) is 7.03. The summed E-state index contributed by atoms with van der Waals surface area (Å²) < 4.78 is 3.63. The molecule has 0 saturated heterocycles. The van der Waals surface area contributed by atoms with Crippen molar-refractivity contribution in [2.75, 3.05) is 18.9 Å². The van der Waals surface area contributed by atoms with Gasteiger partial charge in [-0.05, 0) is 51.6 Å². The van der Waals surface area contributed by atoms with Crippen LogP contribution in [-0.4, -0.2) is 44.0 Å². The number of hydrogen-bond acceptors (Lipinski definition) is 4. The van der Waals surface area contributed by atoms with Crippen molar-refractivity contribution in [2.24, 2.45) is 7.05 Å². The van der Waals surface area contributed by atoms with Gasteiger partial charge in [-0.1, -0.05) is 12.1 Å². The summed E-state index contributed by atoms with van der Waals surface area (Å²) in [6.07, 6.45) is 1.81. The van der Waals surface area contributed by atoms with Gasteiger partial charge in [-0.15, -0.1) is 0 Å². The van der Waals surface area contributed by atoms with Crippen molar-refractivity contribution in [3.05, 3.63) is 59.2 Å². The lowest BCUT2D eigenvalue weighted by atomic mass is 10.2. The number of benzene rings is 1. The summed E-state index contributed by atoms with van der Waals surface area (Å²) >= 11 is 0. The fourth-order valence-corrected chi connectivity index (χ4v) is 3.20. The van der Waals surface area contributed by atoms with Gasteiger partial charge in [-0.2, -0.15) is 10.2 Å². The number of aromatic nitrogens is 4. The van der Waals surface area contributed by atoms with Crippen LogP contribution >= 0.6 is 0 Å². The van der Waals surface area contributed by atoms with Crippen molar-refractivity contribution in [2.45, 2.75) is 27.3 Å². The average Bonchev–Trinajstić information content (AvgIpc) is 3.07. The molecule has 0 spiro atoms. The van der Waals surface area contributed by atoms with E-state index < -0.39 is 0 Å². The molecular weight excluding hydrogens is 340 g/mol. The minimum atomic E-state index is -0.0525. The molecule has 0 aliphatic heterocycles. The van der Waals surface area contributed by atoms with Gasteiger partial charge in [0, 0.05) is 25.5 Å². The van der Waals surface area contributed by atoms with Crippen LogP contribution in [0.4, 0.5) is 5.69 Å². The van der Waals surface area contributed by atoms with Crippen LogP contribution in [0.25, 0.3) is 5.69 Å². The molecule has 0 aliphatic rings. The van der Waals surface area contributed by atoms with Gasteiger partial charge in [0.05, 0.1) is 29.3 Å². The highest BCUT2D eigenvalue weighted by atomic mass is 16.2. The summed E-state index contributed by atoms with van der Waals surface area (Å²) in [5.74, 6) is -0.0525. The summed E-state index contributed by atoms with van der Waals surface area (Å²) in [5.41, 5.74) is 5.82. The van der Waals surface area contributed by atoms with Gasteiger partial charge in [0.2, 0.25) is 5.91 Å². The molecule has 0 fully saturated rings. The summed E-state index contributed by atoms with van der Waals surface area (Å²) in [6.45, 7) is 6.89. The van der Waals surface area contributed by atoms with Gasteiger partial charge in [-0.3, -0.25) is 14.4 Å². The monoisotopic (exact) mass is 366 g/mol. The Labute approximate surface area is 159 Å². The molecular formula is C20H26N6O. The first kappa shape index (κ1) is 18.8. The average molecular weight is 366 g/mol. The van der Waals surface area contributed by atoms with E-state index in [9.17, 15) is 4.79 Å². The van der Waals surface area contributed by atoms with Crippen molar-refractivity contribution in [3.8, 4) is 5.69 Å². The number of carbonyl (C=O) groups excluding carboxylic acids is 1. The molecule has 27 heavy (non-hydrogen) atoms. The molecule has 0 bridgehead atoms. The van der Waals surface area contributed by atoms with E-state index in [1.807, 2.05) is 62.8 Å². The molecule has 0 saturated carbocycles. The van der Waals surface area contributed by atoms with E-state index in [4.69, 9.17) is 0 Å². The van der Waals surface area contributed by atoms with Crippen LogP contribution < -0.4 is 5.32 Å². The molecule has 3 rings (SSSR count). The SMILES string of the molecule is Cc1cc(C)n(-c2cccc(CN(C)CC(=O)Nc3cn(C)nc3C)c2)n1. The first-order valence-corrected chi connectivity index (χ1v) is 8.93. The van der Waals surface area contributed by atoms with Gasteiger partial charge in [0.1, 0.15) is 0 Å². The third-order valence-corrected chi connectivity index (χ3v) is 4.32. The van der Waals surface area contributed by atoms with Gasteiger partial charge in [-0.25, -0.2) is 4.68 Å². The largest absolute Gasteiger partial charge is 0.322 e. The Morgan fingerprint density at radius 2 is 1.96 bits per heavy atom. The van der Waals surface area contributed by atoms with Crippen LogP contribution in [0.5, 0.6) is 0 Å². The van der Waals surface area contributed by atoms with Crippen LogP contribution in [0, 0.1) is 20.8 Å². The van der Waals surface area contributed by atoms with Crippen LogP contribution in [0.15, 0.2) is 36.5 Å². The van der Waals surface area contributed by atoms with Crippen LogP contribution in [0.3, 0.4) is 0 Å². The Morgan fingerprint density at radius 3 is 2.59 bits per heavy atom. The number of hydrogen-bond donors (Lipinski definition) is 1. The number of nitrogens with one attached hydrogen (secondary N) is 1. The molecule has 0 unspecified atom stereocenters. The predicted molar refractivity (Wildman–Crippen MR) is 106 cm³/mol. The number of anilines is 1. The highest BCUT2D eigenvalue weighted by molar-refractivity contribution is 5.92. The van der Waals surface area contributed by atoms with Crippen LogP contribution in [0.1, 0.15) is 22.6 Å². The molecule has 7 nitrogen and oxygen atoms in total. The minimum Gasteiger partial charge on any atom is -0.322 e. The molecule has 0 atom stereocenters. The quantitative estimate of drug-likeness (QED) is 0.728. The standard InChI is InChI=1S/C20H26N6O/c1-14-9-15(2)26(22-14)18-8-6-7-17(10-18)11-24(4)13-20(27)21-19-12-25(5)23-16(19)3/h6-10,12H,11,13H2,1-5H3,(H,21,27). The molecule has 0 radical (unpaired) electrons. The fraction of sp³-hybridized carbons (Fsp3) is 0.350. The zero-order valence-corrected chi connectivity index (χ0v) is 16.5. The van der Waals surface area contributed by atoms with Crippen molar-refractivity contribution in [1.29, 1.82) is 0 Å². The van der Waals surface area contributed by atoms with Gasteiger partial charge in [0.25, 0.3) is 0 Å². The van der Waals surface area contributed by atoms with E-state index in [2.05, 4.69) is 33.7 Å². The van der Waals surface area contributed by atoms with E-state index in [-0.39, 0.29) is 5.91 Å². The molecule has 142 valence electrons. The summed E-state index contributed by atoms with van der Waals surface area (Å²) in [7, 11) is 3.77.